The van der Waals surface area contributed by atoms with Gasteiger partial charge < -0.3 is 4.74 Å². The summed E-state index contributed by atoms with van der Waals surface area (Å²) in [5.74, 6) is 0. The summed E-state index contributed by atoms with van der Waals surface area (Å²) in [5, 5.41) is 0. The zero-order valence-electron chi connectivity index (χ0n) is 18.1. The molecule has 1 nitrogen and oxygen atoms in total. The topological polar surface area (TPSA) is 9.23 Å². The molecule has 0 spiro atoms. The van der Waals surface area contributed by atoms with E-state index >= 15 is 0 Å². The van der Waals surface area contributed by atoms with Crippen LogP contribution in [-0.2, 0) is 10.2 Å². The molecule has 0 heterocycles. The third kappa shape index (κ3) is 4.99. The van der Waals surface area contributed by atoms with E-state index in [-0.39, 0.29) is 5.41 Å². The Labute approximate surface area is 193 Å². The first-order chi connectivity index (χ1) is 14.1. The molecule has 1 atom stereocenters. The molecule has 0 fully saturated rings. The first kappa shape index (κ1) is 23.0. The van der Waals surface area contributed by atoms with E-state index < -0.39 is 0 Å². The zero-order chi connectivity index (χ0) is 20.9. The lowest BCUT2D eigenvalue weighted by Crippen LogP contribution is -2.32. The predicted octanol–water partition coefficient (Wildman–Crippen LogP) is 9.04. The molecule has 0 saturated carbocycles. The summed E-state index contributed by atoms with van der Waals surface area (Å²) in [7, 11) is 0. The second kappa shape index (κ2) is 10.6. The summed E-state index contributed by atoms with van der Waals surface area (Å²) in [6, 6.07) is 13.7. The van der Waals surface area contributed by atoms with Gasteiger partial charge in [0.25, 0.3) is 0 Å². The van der Waals surface area contributed by atoms with E-state index in [1.807, 2.05) is 0 Å². The molecule has 0 saturated heterocycles. The molecule has 0 N–H and O–H groups in total. The Morgan fingerprint density at radius 2 is 1.41 bits per heavy atom. The van der Waals surface area contributed by atoms with Gasteiger partial charge in [0.2, 0.25) is 0 Å². The Balaban J connectivity index is 2.03. The normalized spacial score (nSPS) is 15.2. The lowest BCUT2D eigenvalue weighted by Gasteiger charge is -2.36. The maximum absolute atomic E-state index is 6.43. The molecular formula is C26H34Br2O. The summed E-state index contributed by atoms with van der Waals surface area (Å²) in [5.41, 5.74) is 5.77. The highest BCUT2D eigenvalue weighted by molar-refractivity contribution is 9.10. The molecule has 29 heavy (non-hydrogen) atoms. The fourth-order valence-electron chi connectivity index (χ4n) is 4.82. The smallest absolute Gasteiger partial charge is 0.0584 e. The van der Waals surface area contributed by atoms with Gasteiger partial charge >= 0.3 is 0 Å². The van der Waals surface area contributed by atoms with Crippen LogP contribution in [0.1, 0.15) is 83.3 Å². The van der Waals surface area contributed by atoms with Crippen LogP contribution in [0.25, 0.3) is 11.1 Å². The summed E-state index contributed by atoms with van der Waals surface area (Å²) in [6.45, 7) is 7.70. The third-order valence-corrected chi connectivity index (χ3v) is 7.36. The van der Waals surface area contributed by atoms with Crippen molar-refractivity contribution in [2.45, 2.75) is 83.7 Å². The van der Waals surface area contributed by atoms with Gasteiger partial charge in [-0.25, -0.2) is 0 Å². The van der Waals surface area contributed by atoms with Crippen LogP contribution >= 0.6 is 31.9 Å². The minimum Gasteiger partial charge on any atom is -0.378 e. The van der Waals surface area contributed by atoms with Crippen LogP contribution in [0, 0.1) is 0 Å². The van der Waals surface area contributed by atoms with Gasteiger partial charge in [-0.05, 0) is 72.2 Å². The van der Waals surface area contributed by atoms with Crippen LogP contribution in [0.2, 0.25) is 0 Å². The first-order valence-electron chi connectivity index (χ1n) is 11.3. The summed E-state index contributed by atoms with van der Waals surface area (Å²) in [4.78, 5) is 0. The van der Waals surface area contributed by atoms with E-state index in [2.05, 4.69) is 89.0 Å². The zero-order valence-corrected chi connectivity index (χ0v) is 21.2. The molecular weight excluding hydrogens is 488 g/mol. The van der Waals surface area contributed by atoms with Crippen molar-refractivity contribution in [1.82, 2.24) is 0 Å². The number of benzene rings is 2. The number of unbranched alkanes of at least 4 members (excludes halogenated alkanes) is 3. The number of rotatable bonds is 11. The second-order valence-corrected chi connectivity index (χ2v) is 10.2. The van der Waals surface area contributed by atoms with Gasteiger partial charge in [-0.2, -0.15) is 0 Å². The molecule has 1 aliphatic rings. The molecule has 0 aliphatic heterocycles. The van der Waals surface area contributed by atoms with Gasteiger partial charge in [0.15, 0.2) is 0 Å². The second-order valence-electron chi connectivity index (χ2n) is 8.38. The molecule has 0 bridgehead atoms. The minimum absolute atomic E-state index is 0.0275. The van der Waals surface area contributed by atoms with Crippen molar-refractivity contribution < 1.29 is 4.74 Å². The Morgan fingerprint density at radius 1 is 0.828 bits per heavy atom. The Kier molecular flexibility index (Phi) is 8.41. The van der Waals surface area contributed by atoms with Crippen LogP contribution in [0.15, 0.2) is 45.3 Å². The SMILES string of the molecule is CCCCCOC(CC)CC1(CCCC)c2cc(Br)ccc2-c2ccc(Br)cc21. The number of hydrogen-bond acceptors (Lipinski definition) is 1. The fraction of sp³-hybridized carbons (Fsp3) is 0.538. The lowest BCUT2D eigenvalue weighted by atomic mass is 9.70. The van der Waals surface area contributed by atoms with E-state index in [1.165, 1.54) is 69.7 Å². The molecule has 3 rings (SSSR count). The maximum Gasteiger partial charge on any atom is 0.0584 e. The van der Waals surface area contributed by atoms with Crippen LogP contribution in [-0.4, -0.2) is 12.7 Å². The Morgan fingerprint density at radius 3 is 1.93 bits per heavy atom. The molecule has 2 aromatic rings. The summed E-state index contributed by atoms with van der Waals surface area (Å²) in [6.07, 6.45) is 9.68. The monoisotopic (exact) mass is 520 g/mol. The Hall–Kier alpha value is -0.640. The van der Waals surface area contributed by atoms with Gasteiger partial charge in [-0.15, -0.1) is 0 Å². The van der Waals surface area contributed by atoms with Crippen LogP contribution < -0.4 is 0 Å². The van der Waals surface area contributed by atoms with Gasteiger partial charge in [-0.3, -0.25) is 0 Å². The van der Waals surface area contributed by atoms with Crippen molar-refractivity contribution in [3.8, 4) is 11.1 Å². The molecule has 2 aromatic carbocycles. The molecule has 3 heteroatoms. The van der Waals surface area contributed by atoms with Crippen LogP contribution in [0.4, 0.5) is 0 Å². The predicted molar refractivity (Wildman–Crippen MR) is 132 cm³/mol. The summed E-state index contributed by atoms with van der Waals surface area (Å²) < 4.78 is 8.76. The van der Waals surface area contributed by atoms with E-state index in [9.17, 15) is 0 Å². The van der Waals surface area contributed by atoms with Crippen molar-refractivity contribution in [2.75, 3.05) is 6.61 Å². The molecule has 0 radical (unpaired) electrons. The number of ether oxygens (including phenoxy) is 1. The van der Waals surface area contributed by atoms with Crippen molar-refractivity contribution in [3.05, 3.63) is 56.5 Å². The number of hydrogen-bond donors (Lipinski definition) is 0. The van der Waals surface area contributed by atoms with Crippen molar-refractivity contribution in [1.29, 1.82) is 0 Å². The summed E-state index contributed by atoms with van der Waals surface area (Å²) >= 11 is 7.49. The quantitative estimate of drug-likeness (QED) is 0.268. The van der Waals surface area contributed by atoms with Crippen LogP contribution in [0.5, 0.6) is 0 Å². The molecule has 1 unspecified atom stereocenters. The minimum atomic E-state index is 0.0275. The van der Waals surface area contributed by atoms with E-state index in [0.29, 0.717) is 6.10 Å². The number of halogens is 2. The van der Waals surface area contributed by atoms with Crippen molar-refractivity contribution in [2.24, 2.45) is 0 Å². The fourth-order valence-corrected chi connectivity index (χ4v) is 5.54. The highest BCUT2D eigenvalue weighted by atomic mass is 79.9. The molecule has 0 amide bonds. The molecule has 1 aliphatic carbocycles. The molecule has 158 valence electrons. The number of fused-ring (bicyclic) bond motifs is 3. The average Bonchev–Trinajstić information content (AvgIpc) is 2.97. The standard InChI is InChI=1S/C26H34Br2O/c1-4-7-9-15-29-21(6-3)18-26(14-8-5-2)24-16-19(27)10-12-22(24)23-13-11-20(28)17-25(23)26/h10-13,16-17,21H,4-9,14-15,18H2,1-3H3. The van der Waals surface area contributed by atoms with Gasteiger partial charge in [0.05, 0.1) is 6.10 Å². The van der Waals surface area contributed by atoms with Crippen molar-refractivity contribution in [3.63, 3.8) is 0 Å². The average molecular weight is 522 g/mol. The van der Waals surface area contributed by atoms with Crippen LogP contribution in [0.3, 0.4) is 0 Å². The van der Waals surface area contributed by atoms with E-state index in [4.69, 9.17) is 4.74 Å². The highest BCUT2D eigenvalue weighted by Crippen LogP contribution is 2.55. The lowest BCUT2D eigenvalue weighted by molar-refractivity contribution is 0.0295. The highest BCUT2D eigenvalue weighted by Gasteiger charge is 2.44. The largest absolute Gasteiger partial charge is 0.378 e. The maximum atomic E-state index is 6.43. The Bertz CT molecular complexity index is 763. The third-order valence-electron chi connectivity index (χ3n) is 6.37. The van der Waals surface area contributed by atoms with E-state index in [0.717, 1.165) is 19.4 Å². The van der Waals surface area contributed by atoms with E-state index in [1.54, 1.807) is 0 Å². The van der Waals surface area contributed by atoms with Gasteiger partial charge in [0, 0.05) is 21.0 Å². The molecule has 0 aromatic heterocycles. The van der Waals surface area contributed by atoms with Gasteiger partial charge in [-0.1, -0.05) is 90.4 Å². The first-order valence-corrected chi connectivity index (χ1v) is 12.9. The van der Waals surface area contributed by atoms with Crippen molar-refractivity contribution >= 4 is 31.9 Å². The van der Waals surface area contributed by atoms with Gasteiger partial charge in [0.1, 0.15) is 0 Å².